The van der Waals surface area contributed by atoms with Gasteiger partial charge in [0.05, 0.1) is 11.2 Å². The van der Waals surface area contributed by atoms with Crippen molar-refractivity contribution in [3.63, 3.8) is 0 Å². The van der Waals surface area contributed by atoms with E-state index < -0.39 is 11.0 Å². The number of hydrogen-bond acceptors (Lipinski definition) is 1. The molecule has 2 N–H and O–H groups in total. The molecule has 2 rings (SSSR count). The summed E-state index contributed by atoms with van der Waals surface area (Å²) in [5, 5.41) is 1.13. The molecule has 1 atom stereocenters. The lowest BCUT2D eigenvalue weighted by molar-refractivity contribution is 0.687. The number of aromatic nitrogens is 1. The van der Waals surface area contributed by atoms with Gasteiger partial charge >= 0.3 is 0 Å². The molecule has 0 aliphatic heterocycles. The first kappa shape index (κ1) is 9.27. The Morgan fingerprint density at radius 1 is 1.43 bits per heavy atom. The van der Waals surface area contributed by atoms with Crippen molar-refractivity contribution in [2.75, 3.05) is 10.5 Å². The molecule has 2 aromatic rings. The predicted octanol–water partition coefficient (Wildman–Crippen LogP) is 2.26. The highest BCUT2D eigenvalue weighted by molar-refractivity contribution is 7.86. The molecule has 14 heavy (non-hydrogen) atoms. The van der Waals surface area contributed by atoms with E-state index in [1.807, 2.05) is 37.4 Å². The molecule has 1 unspecified atom stereocenters. The Kier molecular flexibility index (Phi) is 2.54. The smallest absolute Gasteiger partial charge is 0.116 e. The first-order valence-corrected chi connectivity index (χ1v) is 5.84. The summed E-state index contributed by atoms with van der Waals surface area (Å²) in [5.74, 6) is 0.608. The molecule has 0 saturated heterocycles. The van der Waals surface area contributed by atoms with Crippen LogP contribution in [0.1, 0.15) is 6.92 Å². The first-order chi connectivity index (χ1) is 6.81. The molecule has 3 nitrogen and oxygen atoms in total. The summed E-state index contributed by atoms with van der Waals surface area (Å²) in [5.41, 5.74) is 1.90. The Bertz CT molecular complexity index is 464. The molecule has 4 heteroatoms. The zero-order valence-corrected chi connectivity index (χ0v) is 8.73. The van der Waals surface area contributed by atoms with E-state index >= 15 is 0 Å². The van der Waals surface area contributed by atoms with Crippen LogP contribution in [0, 0.1) is 0 Å². The Balaban J connectivity index is 2.41. The average Bonchev–Trinajstić information content (AvgIpc) is 2.66. The molecule has 74 valence electrons. The van der Waals surface area contributed by atoms with E-state index in [4.69, 9.17) is 0 Å². The van der Waals surface area contributed by atoms with E-state index in [0.717, 1.165) is 16.6 Å². The van der Waals surface area contributed by atoms with E-state index in [-0.39, 0.29) is 0 Å². The Morgan fingerprint density at radius 3 is 3.07 bits per heavy atom. The molecule has 0 fully saturated rings. The summed E-state index contributed by atoms with van der Waals surface area (Å²) in [6, 6.07) is 7.89. The Morgan fingerprint density at radius 2 is 2.29 bits per heavy atom. The second-order valence-corrected chi connectivity index (χ2v) is 4.46. The van der Waals surface area contributed by atoms with Crippen molar-refractivity contribution < 1.29 is 4.21 Å². The highest BCUT2D eigenvalue weighted by Crippen LogP contribution is 2.21. The van der Waals surface area contributed by atoms with Crippen molar-refractivity contribution in [2.24, 2.45) is 0 Å². The van der Waals surface area contributed by atoms with Gasteiger partial charge in [0.2, 0.25) is 0 Å². The number of H-pyrrole nitrogens is 1. The average molecular weight is 208 g/mol. The maximum Gasteiger partial charge on any atom is 0.116 e. The first-order valence-electron chi connectivity index (χ1n) is 4.52. The van der Waals surface area contributed by atoms with Crippen molar-refractivity contribution in [1.29, 1.82) is 0 Å². The number of rotatable bonds is 3. The van der Waals surface area contributed by atoms with Gasteiger partial charge in [0.25, 0.3) is 0 Å². The number of aromatic amines is 1. The van der Waals surface area contributed by atoms with Gasteiger partial charge in [0.1, 0.15) is 11.0 Å². The maximum absolute atomic E-state index is 11.3. The number of anilines is 1. The molecule has 0 spiro atoms. The van der Waals surface area contributed by atoms with Crippen molar-refractivity contribution >= 4 is 27.6 Å². The Hall–Kier alpha value is -1.29. The third kappa shape index (κ3) is 1.65. The molecule has 0 amide bonds. The lowest BCUT2D eigenvalue weighted by Gasteiger charge is -2.04. The second kappa shape index (κ2) is 3.84. The molecular weight excluding hydrogens is 196 g/mol. The van der Waals surface area contributed by atoms with Gasteiger partial charge in [0.15, 0.2) is 0 Å². The van der Waals surface area contributed by atoms with Crippen LogP contribution in [-0.4, -0.2) is 14.9 Å². The summed E-state index contributed by atoms with van der Waals surface area (Å²) >= 11 is 0. The van der Waals surface area contributed by atoms with Crippen LogP contribution in [-0.2, 0) is 11.0 Å². The lowest BCUT2D eigenvalue weighted by Crippen LogP contribution is -2.06. The fraction of sp³-hybridized carbons (Fsp3) is 0.200. The molecule has 0 bridgehead atoms. The molecule has 0 aliphatic rings. The van der Waals surface area contributed by atoms with Gasteiger partial charge in [0, 0.05) is 17.3 Å². The van der Waals surface area contributed by atoms with E-state index in [1.54, 1.807) is 0 Å². The number of para-hydroxylation sites is 1. The second-order valence-electron chi connectivity index (χ2n) is 2.98. The minimum absolute atomic E-state index is 0.608. The molecule has 0 saturated carbocycles. The fourth-order valence-corrected chi connectivity index (χ4v) is 1.92. The van der Waals surface area contributed by atoms with Gasteiger partial charge in [-0.25, -0.2) is 4.21 Å². The summed E-state index contributed by atoms with van der Waals surface area (Å²) in [6.07, 6.45) is 1.88. The number of fused-ring (bicyclic) bond motifs is 1. The van der Waals surface area contributed by atoms with Crippen LogP contribution in [0.3, 0.4) is 0 Å². The van der Waals surface area contributed by atoms with Crippen LogP contribution in [0.25, 0.3) is 10.9 Å². The summed E-state index contributed by atoms with van der Waals surface area (Å²) in [7, 11) is -0.988. The molecule has 1 heterocycles. The topological polar surface area (TPSA) is 44.9 Å². The van der Waals surface area contributed by atoms with E-state index in [2.05, 4.69) is 9.71 Å². The fourth-order valence-electron chi connectivity index (χ4n) is 1.36. The summed E-state index contributed by atoms with van der Waals surface area (Å²) in [6.45, 7) is 1.89. The third-order valence-corrected chi connectivity index (χ3v) is 3.05. The van der Waals surface area contributed by atoms with E-state index in [0.29, 0.717) is 5.75 Å². The normalized spacial score (nSPS) is 12.9. The van der Waals surface area contributed by atoms with Crippen molar-refractivity contribution in [1.82, 2.24) is 4.98 Å². The number of hydrogen-bond donors (Lipinski definition) is 2. The molecular formula is C10H12N2OS. The lowest BCUT2D eigenvalue weighted by atomic mass is 10.2. The predicted molar refractivity (Wildman–Crippen MR) is 60.6 cm³/mol. The third-order valence-electron chi connectivity index (χ3n) is 2.07. The highest BCUT2D eigenvalue weighted by Gasteiger charge is 2.02. The van der Waals surface area contributed by atoms with Gasteiger partial charge in [-0.2, -0.15) is 0 Å². The maximum atomic E-state index is 11.3. The van der Waals surface area contributed by atoms with Gasteiger partial charge in [-0.15, -0.1) is 0 Å². The van der Waals surface area contributed by atoms with Crippen LogP contribution in [0.15, 0.2) is 30.5 Å². The number of benzene rings is 1. The van der Waals surface area contributed by atoms with Gasteiger partial charge in [-0.3, -0.25) is 0 Å². The SMILES string of the molecule is CCS(=O)Nc1cccc2cc[nH]c12. The zero-order valence-electron chi connectivity index (χ0n) is 7.91. The van der Waals surface area contributed by atoms with E-state index in [9.17, 15) is 4.21 Å². The monoisotopic (exact) mass is 208 g/mol. The standard InChI is InChI=1S/C10H12N2OS/c1-2-14(13)12-9-5-3-4-8-6-7-11-10(8)9/h3-7,11-12H,2H2,1H3. The van der Waals surface area contributed by atoms with Gasteiger partial charge in [-0.1, -0.05) is 19.1 Å². The highest BCUT2D eigenvalue weighted by atomic mass is 32.2. The summed E-state index contributed by atoms with van der Waals surface area (Å²) in [4.78, 5) is 3.12. The van der Waals surface area contributed by atoms with Crippen LogP contribution < -0.4 is 4.72 Å². The minimum Gasteiger partial charge on any atom is -0.359 e. The van der Waals surface area contributed by atoms with E-state index in [1.165, 1.54) is 0 Å². The van der Waals surface area contributed by atoms with Gasteiger partial charge in [-0.05, 0) is 12.1 Å². The minimum atomic E-state index is -0.988. The van der Waals surface area contributed by atoms with Crippen molar-refractivity contribution in [3.8, 4) is 0 Å². The summed E-state index contributed by atoms with van der Waals surface area (Å²) < 4.78 is 14.3. The largest absolute Gasteiger partial charge is 0.359 e. The quantitative estimate of drug-likeness (QED) is 0.798. The Labute approximate surface area is 85.1 Å². The van der Waals surface area contributed by atoms with Crippen LogP contribution in [0.4, 0.5) is 5.69 Å². The van der Waals surface area contributed by atoms with Crippen molar-refractivity contribution in [2.45, 2.75) is 6.92 Å². The van der Waals surface area contributed by atoms with Gasteiger partial charge < -0.3 is 9.71 Å². The molecule has 1 aromatic carbocycles. The zero-order chi connectivity index (χ0) is 9.97. The van der Waals surface area contributed by atoms with Crippen LogP contribution in [0.2, 0.25) is 0 Å². The molecule has 0 radical (unpaired) electrons. The van der Waals surface area contributed by atoms with Crippen LogP contribution in [0.5, 0.6) is 0 Å². The molecule has 0 aliphatic carbocycles. The number of nitrogens with one attached hydrogen (secondary N) is 2. The van der Waals surface area contributed by atoms with Crippen molar-refractivity contribution in [3.05, 3.63) is 30.5 Å². The molecule has 1 aromatic heterocycles. The van der Waals surface area contributed by atoms with Crippen LogP contribution >= 0.6 is 0 Å².